The minimum absolute atomic E-state index is 0.0259. The average molecular weight is 473 g/mol. The number of nitrogens with one attached hydrogen (secondary N) is 1. The number of hydrogen-bond donors (Lipinski definition) is 1. The summed E-state index contributed by atoms with van der Waals surface area (Å²) >= 11 is 0. The van der Waals surface area contributed by atoms with Crippen LogP contribution in [0.2, 0.25) is 0 Å². The third-order valence-corrected chi connectivity index (χ3v) is 5.67. The maximum absolute atomic E-state index is 13.1. The second kappa shape index (κ2) is 11.6. The minimum atomic E-state index is -0.253. The number of benzene rings is 2. The topological polar surface area (TPSA) is 67.2 Å². The quantitative estimate of drug-likeness (QED) is 0.403. The predicted molar refractivity (Wildman–Crippen MR) is 143 cm³/mol. The van der Waals surface area contributed by atoms with Gasteiger partial charge in [0.05, 0.1) is 11.4 Å². The average Bonchev–Trinajstić information content (AvgIpc) is 3.25. The molecule has 0 atom stereocenters. The normalized spacial score (nSPS) is 11.6. The Kier molecular flexibility index (Phi) is 8.63. The van der Waals surface area contributed by atoms with Crippen LogP contribution in [-0.4, -0.2) is 39.6 Å². The molecule has 6 nitrogen and oxygen atoms in total. The maximum Gasteiger partial charge on any atom is 0.247 e. The van der Waals surface area contributed by atoms with Crippen molar-refractivity contribution < 1.29 is 9.59 Å². The first-order valence-corrected chi connectivity index (χ1v) is 12.2. The van der Waals surface area contributed by atoms with Gasteiger partial charge in [0.2, 0.25) is 11.8 Å². The molecule has 0 fully saturated rings. The molecule has 2 amide bonds. The molecule has 0 radical (unpaired) electrons. The number of aryl methyl sites for hydroxylation is 1. The lowest BCUT2D eigenvalue weighted by atomic mass is 9.92. The van der Waals surface area contributed by atoms with Crippen molar-refractivity contribution in [3.63, 3.8) is 0 Å². The van der Waals surface area contributed by atoms with E-state index in [2.05, 4.69) is 33.0 Å². The molecule has 1 heterocycles. The van der Waals surface area contributed by atoms with Gasteiger partial charge in [-0.05, 0) is 37.1 Å². The second-order valence-electron chi connectivity index (χ2n) is 9.82. The molecular formula is C29H36N4O2. The predicted octanol–water partition coefficient (Wildman–Crippen LogP) is 5.76. The van der Waals surface area contributed by atoms with Gasteiger partial charge in [-0.2, -0.15) is 5.10 Å². The van der Waals surface area contributed by atoms with Gasteiger partial charge in [-0.3, -0.25) is 9.59 Å². The number of carbonyl (C=O) groups is 2. The Morgan fingerprint density at radius 1 is 1.06 bits per heavy atom. The van der Waals surface area contributed by atoms with E-state index in [4.69, 9.17) is 5.10 Å². The monoisotopic (exact) mass is 472 g/mol. The summed E-state index contributed by atoms with van der Waals surface area (Å²) in [5.41, 5.74) is 3.65. The largest absolute Gasteiger partial charge is 0.330 e. The number of unbranched alkanes of at least 4 members (excludes halogenated alkanes) is 1. The Bertz CT molecular complexity index is 1160. The summed E-state index contributed by atoms with van der Waals surface area (Å²) in [5.74, 6) is 0.155. The third kappa shape index (κ3) is 7.41. The number of aromatic nitrogens is 2. The van der Waals surface area contributed by atoms with Crippen LogP contribution in [0.3, 0.4) is 0 Å². The highest BCUT2D eigenvalue weighted by molar-refractivity contribution is 5.97. The summed E-state index contributed by atoms with van der Waals surface area (Å²) in [6.07, 6.45) is 5.07. The molecule has 2 aromatic carbocycles. The molecule has 0 saturated carbocycles. The fourth-order valence-electron chi connectivity index (χ4n) is 3.53. The van der Waals surface area contributed by atoms with Crippen molar-refractivity contribution >= 4 is 23.7 Å². The molecule has 0 saturated heterocycles. The Balaban J connectivity index is 1.79. The van der Waals surface area contributed by atoms with Crippen molar-refractivity contribution in [1.82, 2.24) is 14.7 Å². The molecule has 184 valence electrons. The summed E-state index contributed by atoms with van der Waals surface area (Å²) < 4.78 is 1.76. The minimum Gasteiger partial charge on any atom is -0.330 e. The number of hydrogen-bond acceptors (Lipinski definition) is 3. The van der Waals surface area contributed by atoms with Gasteiger partial charge in [-0.1, -0.05) is 82.1 Å². The van der Waals surface area contributed by atoms with Crippen LogP contribution in [0.4, 0.5) is 5.82 Å². The molecular weight excluding hydrogens is 436 g/mol. The summed E-state index contributed by atoms with van der Waals surface area (Å²) in [6, 6.07) is 19.6. The van der Waals surface area contributed by atoms with E-state index >= 15 is 0 Å². The molecule has 6 heteroatoms. The van der Waals surface area contributed by atoms with E-state index in [1.807, 2.05) is 67.6 Å². The van der Waals surface area contributed by atoms with Crippen molar-refractivity contribution in [2.24, 2.45) is 0 Å². The van der Waals surface area contributed by atoms with E-state index in [1.165, 1.54) is 6.08 Å². The first kappa shape index (κ1) is 25.9. The fourth-order valence-corrected chi connectivity index (χ4v) is 3.53. The van der Waals surface area contributed by atoms with Crippen LogP contribution in [0.25, 0.3) is 11.8 Å². The lowest BCUT2D eigenvalue weighted by Crippen LogP contribution is -2.38. The maximum atomic E-state index is 13.1. The van der Waals surface area contributed by atoms with E-state index in [9.17, 15) is 9.59 Å². The summed E-state index contributed by atoms with van der Waals surface area (Å²) in [4.78, 5) is 27.6. The molecule has 0 aliphatic carbocycles. The van der Waals surface area contributed by atoms with Crippen LogP contribution in [0, 0.1) is 6.92 Å². The van der Waals surface area contributed by atoms with Crippen LogP contribution < -0.4 is 5.32 Å². The molecule has 1 N–H and O–H groups in total. The van der Waals surface area contributed by atoms with Crippen molar-refractivity contribution in [3.05, 3.63) is 83.6 Å². The van der Waals surface area contributed by atoms with Gasteiger partial charge in [0.1, 0.15) is 12.4 Å². The Morgan fingerprint density at radius 3 is 2.37 bits per heavy atom. The van der Waals surface area contributed by atoms with Gasteiger partial charge >= 0.3 is 0 Å². The SMILES string of the molecule is CCCCN(CC(=O)Nc1cc(C(C)(C)C)nn1-c1ccc(C)cc1)C(=O)/C=C/c1ccccc1. The van der Waals surface area contributed by atoms with E-state index in [0.717, 1.165) is 35.3 Å². The molecule has 3 aromatic rings. The first-order chi connectivity index (χ1) is 16.7. The summed E-state index contributed by atoms with van der Waals surface area (Å²) in [5, 5.41) is 7.77. The first-order valence-electron chi connectivity index (χ1n) is 12.2. The van der Waals surface area contributed by atoms with Crippen molar-refractivity contribution in [2.75, 3.05) is 18.4 Å². The highest BCUT2D eigenvalue weighted by Crippen LogP contribution is 2.26. The zero-order chi connectivity index (χ0) is 25.4. The lowest BCUT2D eigenvalue weighted by molar-refractivity contribution is -0.130. The number of anilines is 1. The van der Waals surface area contributed by atoms with Crippen LogP contribution in [0.5, 0.6) is 0 Å². The number of rotatable bonds is 9. The zero-order valence-corrected chi connectivity index (χ0v) is 21.4. The van der Waals surface area contributed by atoms with E-state index in [0.29, 0.717) is 12.4 Å². The van der Waals surface area contributed by atoms with Crippen LogP contribution in [0.15, 0.2) is 66.7 Å². The van der Waals surface area contributed by atoms with Gasteiger partial charge in [-0.25, -0.2) is 4.68 Å². The zero-order valence-electron chi connectivity index (χ0n) is 21.4. The summed E-state index contributed by atoms with van der Waals surface area (Å²) in [6.45, 7) is 10.9. The highest BCUT2D eigenvalue weighted by atomic mass is 16.2. The smallest absolute Gasteiger partial charge is 0.247 e. The van der Waals surface area contributed by atoms with Crippen LogP contribution in [0.1, 0.15) is 57.4 Å². The van der Waals surface area contributed by atoms with Gasteiger partial charge in [0.25, 0.3) is 0 Å². The van der Waals surface area contributed by atoms with Crippen molar-refractivity contribution in [3.8, 4) is 5.69 Å². The van der Waals surface area contributed by atoms with Gasteiger partial charge in [0.15, 0.2) is 0 Å². The molecule has 3 rings (SSSR count). The molecule has 0 aliphatic heterocycles. The van der Waals surface area contributed by atoms with Crippen LogP contribution >= 0.6 is 0 Å². The van der Waals surface area contributed by atoms with Crippen molar-refractivity contribution in [2.45, 2.75) is 52.9 Å². The molecule has 0 spiro atoms. The third-order valence-electron chi connectivity index (χ3n) is 5.67. The summed E-state index contributed by atoms with van der Waals surface area (Å²) in [7, 11) is 0. The lowest BCUT2D eigenvalue weighted by Gasteiger charge is -2.20. The van der Waals surface area contributed by atoms with Crippen LogP contribution in [-0.2, 0) is 15.0 Å². The second-order valence-corrected chi connectivity index (χ2v) is 9.82. The highest BCUT2D eigenvalue weighted by Gasteiger charge is 2.22. The Morgan fingerprint density at radius 2 is 1.74 bits per heavy atom. The molecule has 0 aliphatic rings. The van der Waals surface area contributed by atoms with E-state index in [1.54, 1.807) is 15.7 Å². The molecule has 35 heavy (non-hydrogen) atoms. The standard InChI is InChI=1S/C29H36N4O2/c1-6-7-19-32(28(35)18-15-23-11-9-8-10-12-23)21-27(34)30-26-20-25(29(3,4)5)31-33(26)24-16-13-22(2)14-17-24/h8-18,20H,6-7,19,21H2,1-5H3,(H,30,34)/b18-15+. The van der Waals surface area contributed by atoms with Crippen molar-refractivity contribution in [1.29, 1.82) is 0 Å². The Hall–Kier alpha value is -3.67. The van der Waals surface area contributed by atoms with Gasteiger partial charge in [0, 0.05) is 24.1 Å². The molecule has 0 bridgehead atoms. The van der Waals surface area contributed by atoms with Gasteiger partial charge in [-0.15, -0.1) is 0 Å². The van der Waals surface area contributed by atoms with E-state index in [-0.39, 0.29) is 23.8 Å². The molecule has 1 aromatic heterocycles. The van der Waals surface area contributed by atoms with E-state index < -0.39 is 0 Å². The number of amides is 2. The molecule has 0 unspecified atom stereocenters. The fraction of sp³-hybridized carbons (Fsp3) is 0.345. The number of nitrogens with zero attached hydrogens (tertiary/aromatic N) is 3. The Labute approximate surface area is 208 Å². The van der Waals surface area contributed by atoms with Gasteiger partial charge < -0.3 is 10.2 Å². The number of carbonyl (C=O) groups excluding carboxylic acids is 2.